The zero-order valence-corrected chi connectivity index (χ0v) is 21.8. The van der Waals surface area contributed by atoms with Gasteiger partial charge in [0, 0.05) is 23.7 Å². The van der Waals surface area contributed by atoms with Crippen LogP contribution in [0.15, 0.2) is 60.0 Å². The van der Waals surface area contributed by atoms with Crippen LogP contribution in [0.3, 0.4) is 0 Å². The number of ether oxygens (including phenoxy) is 2. The molecule has 2 aromatic carbocycles. The highest BCUT2D eigenvalue weighted by molar-refractivity contribution is 7.09. The Morgan fingerprint density at radius 3 is 2.50 bits per heavy atom. The highest BCUT2D eigenvalue weighted by atomic mass is 32.1. The number of nitrogens with one attached hydrogen (secondary N) is 1. The van der Waals surface area contributed by atoms with Crippen LogP contribution in [-0.2, 0) is 24.1 Å². The van der Waals surface area contributed by atoms with Crippen molar-refractivity contribution < 1.29 is 32.2 Å². The van der Waals surface area contributed by atoms with Crippen LogP contribution in [0.2, 0.25) is 0 Å². The zero-order valence-electron chi connectivity index (χ0n) is 21.0. The van der Waals surface area contributed by atoms with E-state index in [1.54, 1.807) is 11.0 Å². The van der Waals surface area contributed by atoms with Gasteiger partial charge in [0.05, 0.1) is 12.1 Å². The summed E-state index contributed by atoms with van der Waals surface area (Å²) < 4.78 is 50.2. The molecule has 4 rings (SSSR count). The summed E-state index contributed by atoms with van der Waals surface area (Å²) in [6.45, 7) is 4.55. The Balaban J connectivity index is 1.51. The van der Waals surface area contributed by atoms with E-state index in [1.165, 1.54) is 28.4 Å². The van der Waals surface area contributed by atoms with Crippen LogP contribution in [0.1, 0.15) is 29.9 Å². The number of nitrogens with zero attached hydrogens (tertiary/aromatic N) is 2. The van der Waals surface area contributed by atoms with Crippen molar-refractivity contribution in [1.82, 2.24) is 9.80 Å². The minimum absolute atomic E-state index is 0.00170. The predicted molar refractivity (Wildman–Crippen MR) is 138 cm³/mol. The largest absolute Gasteiger partial charge is 0.454 e. The van der Waals surface area contributed by atoms with Gasteiger partial charge in [0.25, 0.3) is 0 Å². The van der Waals surface area contributed by atoms with Gasteiger partial charge in [0.1, 0.15) is 6.54 Å². The summed E-state index contributed by atoms with van der Waals surface area (Å²) in [6.07, 6.45) is -4.54. The number of thiophene rings is 1. The van der Waals surface area contributed by atoms with Crippen LogP contribution in [0.5, 0.6) is 11.5 Å². The normalized spacial score (nSPS) is 12.5. The Morgan fingerprint density at radius 2 is 1.79 bits per heavy atom. The van der Waals surface area contributed by atoms with Crippen molar-refractivity contribution in [3.05, 3.63) is 76.0 Å². The fourth-order valence-electron chi connectivity index (χ4n) is 3.98. The van der Waals surface area contributed by atoms with Crippen LogP contribution in [0.25, 0.3) is 0 Å². The lowest BCUT2D eigenvalue weighted by Gasteiger charge is -2.29. The van der Waals surface area contributed by atoms with E-state index in [0.717, 1.165) is 22.6 Å². The standard InChI is InChI=1S/C27H28F3N3O4S/c1-18(2)13-33(26(35)31-21-6-3-5-20(12-21)27(28,29)30)16-25(34)32(15-22-7-4-10-38-22)14-19-8-9-23-24(11-19)37-17-36-23/h3-12,18H,13-17H2,1-2H3,(H,31,35). The Kier molecular flexibility index (Phi) is 8.45. The number of amides is 3. The molecule has 1 N–H and O–H groups in total. The van der Waals surface area contributed by atoms with E-state index >= 15 is 0 Å². The van der Waals surface area contributed by atoms with E-state index in [1.807, 2.05) is 43.5 Å². The Labute approximate surface area is 222 Å². The number of hydrogen-bond donors (Lipinski definition) is 1. The maximum Gasteiger partial charge on any atom is 0.416 e. The predicted octanol–water partition coefficient (Wildman–Crippen LogP) is 6.21. The Hall–Kier alpha value is -3.73. The molecule has 0 unspecified atom stereocenters. The molecular formula is C27H28F3N3O4S. The molecule has 1 aromatic heterocycles. The molecule has 38 heavy (non-hydrogen) atoms. The monoisotopic (exact) mass is 547 g/mol. The summed E-state index contributed by atoms with van der Waals surface area (Å²) >= 11 is 1.52. The van der Waals surface area contributed by atoms with E-state index in [-0.39, 0.29) is 43.9 Å². The molecular weight excluding hydrogens is 519 g/mol. The lowest BCUT2D eigenvalue weighted by molar-refractivity contribution is -0.137. The molecule has 0 spiro atoms. The van der Waals surface area contributed by atoms with Gasteiger partial charge in [0.2, 0.25) is 12.7 Å². The number of alkyl halides is 3. The molecule has 1 aliphatic heterocycles. The van der Waals surface area contributed by atoms with Gasteiger partial charge in [-0.05, 0) is 53.3 Å². The first-order valence-corrected chi connectivity index (χ1v) is 12.9. The van der Waals surface area contributed by atoms with Crippen molar-refractivity contribution in [2.24, 2.45) is 5.92 Å². The molecule has 11 heteroatoms. The third kappa shape index (κ3) is 7.18. The smallest absolute Gasteiger partial charge is 0.416 e. The number of urea groups is 1. The Morgan fingerprint density at radius 1 is 1.00 bits per heavy atom. The third-order valence-corrected chi connectivity index (χ3v) is 6.59. The first kappa shape index (κ1) is 27.3. The zero-order chi connectivity index (χ0) is 27.3. The minimum Gasteiger partial charge on any atom is -0.454 e. The number of carbonyl (C=O) groups excluding carboxylic acids is 2. The molecule has 7 nitrogen and oxygen atoms in total. The van der Waals surface area contributed by atoms with Gasteiger partial charge in [-0.25, -0.2) is 4.79 Å². The highest BCUT2D eigenvalue weighted by Gasteiger charge is 2.31. The number of anilines is 1. The minimum atomic E-state index is -4.54. The third-order valence-electron chi connectivity index (χ3n) is 5.73. The average Bonchev–Trinajstić information content (AvgIpc) is 3.54. The second-order valence-electron chi connectivity index (χ2n) is 9.30. The highest BCUT2D eigenvalue weighted by Crippen LogP contribution is 2.33. The number of carbonyl (C=O) groups is 2. The van der Waals surface area contributed by atoms with Crippen LogP contribution < -0.4 is 14.8 Å². The van der Waals surface area contributed by atoms with E-state index in [2.05, 4.69) is 5.32 Å². The first-order chi connectivity index (χ1) is 18.1. The number of rotatable bonds is 9. The summed E-state index contributed by atoms with van der Waals surface area (Å²) in [5, 5.41) is 4.44. The fourth-order valence-corrected chi connectivity index (χ4v) is 4.70. The number of hydrogen-bond acceptors (Lipinski definition) is 5. The van der Waals surface area contributed by atoms with Crippen LogP contribution in [0, 0.1) is 5.92 Å². The van der Waals surface area contributed by atoms with Crippen LogP contribution in [0.4, 0.5) is 23.7 Å². The van der Waals surface area contributed by atoms with Gasteiger partial charge in [-0.3, -0.25) is 4.79 Å². The van der Waals surface area contributed by atoms with E-state index < -0.39 is 17.8 Å². The summed E-state index contributed by atoms with van der Waals surface area (Å²) in [5.74, 6) is 0.970. The second kappa shape index (κ2) is 11.8. The van der Waals surface area contributed by atoms with Gasteiger partial charge < -0.3 is 24.6 Å². The summed E-state index contributed by atoms with van der Waals surface area (Å²) in [4.78, 5) is 30.6. The number of fused-ring (bicyclic) bond motifs is 1. The summed E-state index contributed by atoms with van der Waals surface area (Å²) in [6, 6.07) is 13.1. The van der Waals surface area contributed by atoms with Crippen molar-refractivity contribution in [2.75, 3.05) is 25.2 Å². The maximum atomic E-state index is 13.5. The molecule has 0 saturated carbocycles. The van der Waals surface area contributed by atoms with Crippen LogP contribution in [-0.4, -0.2) is 41.6 Å². The van der Waals surface area contributed by atoms with Gasteiger partial charge in [0.15, 0.2) is 11.5 Å². The second-order valence-corrected chi connectivity index (χ2v) is 10.3. The summed E-state index contributed by atoms with van der Waals surface area (Å²) in [7, 11) is 0. The Bertz CT molecular complexity index is 1260. The molecule has 202 valence electrons. The lowest BCUT2D eigenvalue weighted by atomic mass is 10.1. The van der Waals surface area contributed by atoms with Crippen molar-refractivity contribution in [1.29, 1.82) is 0 Å². The molecule has 2 heterocycles. The summed E-state index contributed by atoms with van der Waals surface area (Å²) in [5.41, 5.74) is -0.0301. The van der Waals surface area contributed by atoms with Gasteiger partial charge in [-0.15, -0.1) is 11.3 Å². The van der Waals surface area contributed by atoms with Gasteiger partial charge >= 0.3 is 12.2 Å². The number of halogens is 3. The molecule has 0 radical (unpaired) electrons. The first-order valence-electron chi connectivity index (χ1n) is 12.0. The molecule has 3 aromatic rings. The molecule has 0 atom stereocenters. The SMILES string of the molecule is CC(C)CN(CC(=O)N(Cc1ccc2c(c1)OCO2)Cc1cccs1)C(=O)Nc1cccc(C(F)(F)F)c1. The molecule has 0 saturated heterocycles. The maximum absolute atomic E-state index is 13.5. The average molecular weight is 548 g/mol. The lowest BCUT2D eigenvalue weighted by Crippen LogP contribution is -2.45. The molecule has 3 amide bonds. The molecule has 0 bridgehead atoms. The molecule has 0 aliphatic carbocycles. The quantitative estimate of drug-likeness (QED) is 0.346. The van der Waals surface area contributed by atoms with Gasteiger partial charge in [-0.1, -0.05) is 32.0 Å². The van der Waals surface area contributed by atoms with E-state index in [0.29, 0.717) is 18.0 Å². The van der Waals surface area contributed by atoms with Gasteiger partial charge in [-0.2, -0.15) is 13.2 Å². The van der Waals surface area contributed by atoms with Crippen molar-refractivity contribution in [2.45, 2.75) is 33.1 Å². The van der Waals surface area contributed by atoms with Crippen LogP contribution >= 0.6 is 11.3 Å². The molecule has 0 fully saturated rings. The van der Waals surface area contributed by atoms with E-state index in [4.69, 9.17) is 9.47 Å². The number of benzene rings is 2. The van der Waals surface area contributed by atoms with Crippen molar-refractivity contribution in [3.63, 3.8) is 0 Å². The fraction of sp³-hybridized carbons (Fsp3) is 0.333. The topological polar surface area (TPSA) is 71.1 Å². The van der Waals surface area contributed by atoms with Crippen molar-refractivity contribution in [3.8, 4) is 11.5 Å². The molecule has 1 aliphatic rings. The van der Waals surface area contributed by atoms with Crippen molar-refractivity contribution >= 4 is 29.0 Å². The van der Waals surface area contributed by atoms with E-state index in [9.17, 15) is 22.8 Å².